The van der Waals surface area contributed by atoms with Gasteiger partial charge in [0.25, 0.3) is 0 Å². The average molecular weight is 497 g/mol. The fourth-order valence-corrected chi connectivity index (χ4v) is 6.00. The maximum absolute atomic E-state index is 13.2. The first-order valence-corrected chi connectivity index (χ1v) is 12.5. The molecule has 1 saturated carbocycles. The van der Waals surface area contributed by atoms with Gasteiger partial charge in [0.2, 0.25) is 21.8 Å². The number of halogens is 3. The summed E-state index contributed by atoms with van der Waals surface area (Å²) in [4.78, 5) is 22.5. The number of rotatable bonds is 5. The monoisotopic (exact) mass is 496 g/mol. The normalized spacial score (nSPS) is 24.1. The largest absolute Gasteiger partial charge is 0.471 e. The van der Waals surface area contributed by atoms with E-state index in [9.17, 15) is 26.4 Å². The maximum Gasteiger partial charge on any atom is 0.416 e. The number of nitrogens with zero attached hydrogens (tertiary/aromatic N) is 4. The van der Waals surface area contributed by atoms with Crippen molar-refractivity contribution >= 4 is 15.9 Å². The Morgan fingerprint density at radius 1 is 1.09 bits per heavy atom. The first-order valence-electron chi connectivity index (χ1n) is 11.1. The van der Waals surface area contributed by atoms with Crippen LogP contribution in [0.25, 0.3) is 0 Å². The standard InChI is InChI=1S/C22H23F3N4O4S/c23-22(24,25)15-2-1-3-18(8-15)34(31,32)28-7-6-21(30)29-13-17(9-16(29)12-28)33-20-11-26-19(10-27-20)14-4-5-14/h1-3,8,10-11,14,16-17H,4-7,9,12-13H2/t16-,17+/m1/s1. The van der Waals surface area contributed by atoms with Gasteiger partial charge < -0.3 is 9.64 Å². The van der Waals surface area contributed by atoms with Crippen molar-refractivity contribution in [3.8, 4) is 5.88 Å². The molecule has 3 fully saturated rings. The van der Waals surface area contributed by atoms with Crippen LogP contribution < -0.4 is 4.74 Å². The van der Waals surface area contributed by atoms with Gasteiger partial charge in [0.1, 0.15) is 6.10 Å². The van der Waals surface area contributed by atoms with Crippen molar-refractivity contribution in [1.29, 1.82) is 0 Å². The van der Waals surface area contributed by atoms with Crippen LogP contribution in [0, 0.1) is 0 Å². The Morgan fingerprint density at radius 2 is 1.88 bits per heavy atom. The molecular weight excluding hydrogens is 473 g/mol. The number of hydrogen-bond acceptors (Lipinski definition) is 6. The Hall–Kier alpha value is -2.73. The van der Waals surface area contributed by atoms with Crippen LogP contribution in [0.15, 0.2) is 41.6 Å². The van der Waals surface area contributed by atoms with Crippen molar-refractivity contribution < 1.29 is 31.1 Å². The van der Waals surface area contributed by atoms with Crippen LogP contribution >= 0.6 is 0 Å². The second kappa shape index (κ2) is 8.49. The Kier molecular flexibility index (Phi) is 5.75. The molecule has 2 aromatic rings. The van der Waals surface area contributed by atoms with Gasteiger partial charge >= 0.3 is 6.18 Å². The summed E-state index contributed by atoms with van der Waals surface area (Å²) in [5, 5.41) is 0. The molecule has 0 spiro atoms. The summed E-state index contributed by atoms with van der Waals surface area (Å²) in [6.45, 7) is 0.174. The Balaban J connectivity index is 1.30. The van der Waals surface area contributed by atoms with E-state index in [1.54, 1.807) is 17.3 Å². The van der Waals surface area contributed by atoms with Crippen LogP contribution in [0.2, 0.25) is 0 Å². The van der Waals surface area contributed by atoms with Crippen LogP contribution in [-0.2, 0) is 21.0 Å². The van der Waals surface area contributed by atoms with Crippen molar-refractivity contribution in [2.75, 3.05) is 19.6 Å². The van der Waals surface area contributed by atoms with E-state index in [2.05, 4.69) is 9.97 Å². The van der Waals surface area contributed by atoms with Crippen molar-refractivity contribution in [3.05, 3.63) is 47.9 Å². The van der Waals surface area contributed by atoms with Crippen molar-refractivity contribution in [2.45, 2.75) is 54.8 Å². The number of alkyl halides is 3. The van der Waals surface area contributed by atoms with E-state index >= 15 is 0 Å². The van der Waals surface area contributed by atoms with Gasteiger partial charge in [-0.15, -0.1) is 0 Å². The number of benzene rings is 1. The zero-order valence-corrected chi connectivity index (χ0v) is 18.9. The molecular formula is C22H23F3N4O4S. The third-order valence-electron chi connectivity index (χ3n) is 6.42. The fourth-order valence-electron chi connectivity index (χ4n) is 4.48. The highest BCUT2D eigenvalue weighted by molar-refractivity contribution is 7.89. The summed E-state index contributed by atoms with van der Waals surface area (Å²) >= 11 is 0. The fraction of sp³-hybridized carbons (Fsp3) is 0.500. The van der Waals surface area contributed by atoms with Crippen molar-refractivity contribution in [2.24, 2.45) is 0 Å². The predicted octanol–water partition coefficient (Wildman–Crippen LogP) is 2.82. The number of carbonyl (C=O) groups is 1. The SMILES string of the molecule is O=C1CCN(S(=O)(=O)c2cccc(C(F)(F)F)c2)C[C@H]2C[C@H](Oc3cnc(C4CC4)cn3)CN12. The van der Waals surface area contributed by atoms with Gasteiger partial charge in [0, 0.05) is 37.9 Å². The number of fused-ring (bicyclic) bond motifs is 1. The molecule has 3 aliphatic rings. The first kappa shape index (κ1) is 23.0. The summed E-state index contributed by atoms with van der Waals surface area (Å²) in [5.41, 5.74) is -0.109. The molecule has 0 unspecified atom stereocenters. The van der Waals surface area contributed by atoms with Crippen molar-refractivity contribution in [1.82, 2.24) is 19.2 Å². The molecule has 8 nitrogen and oxygen atoms in total. The molecule has 1 amide bonds. The van der Waals surface area contributed by atoms with E-state index in [0.717, 1.165) is 41.0 Å². The summed E-state index contributed by atoms with van der Waals surface area (Å²) < 4.78 is 72.6. The van der Waals surface area contributed by atoms with E-state index in [1.165, 1.54) is 0 Å². The van der Waals surface area contributed by atoms with E-state index in [-0.39, 0.29) is 38.1 Å². The number of ether oxygens (including phenoxy) is 1. The summed E-state index contributed by atoms with van der Waals surface area (Å²) in [6.07, 6.45) is 0.743. The molecule has 2 saturated heterocycles. The highest BCUT2D eigenvalue weighted by Gasteiger charge is 2.42. The van der Waals surface area contributed by atoms with Gasteiger partial charge in [0.15, 0.2) is 0 Å². The molecule has 2 atom stereocenters. The second-order valence-electron chi connectivity index (χ2n) is 8.87. The summed E-state index contributed by atoms with van der Waals surface area (Å²) in [7, 11) is -4.22. The van der Waals surface area contributed by atoms with Crippen molar-refractivity contribution in [3.63, 3.8) is 0 Å². The van der Waals surface area contributed by atoms with E-state index in [4.69, 9.17) is 4.74 Å². The molecule has 0 radical (unpaired) electrons. The smallest absolute Gasteiger partial charge is 0.416 e. The maximum atomic E-state index is 13.2. The minimum absolute atomic E-state index is 0.0174. The second-order valence-corrected chi connectivity index (χ2v) is 10.8. The number of amides is 1. The van der Waals surface area contributed by atoms with Crippen LogP contribution in [0.5, 0.6) is 5.88 Å². The molecule has 5 rings (SSSR count). The van der Waals surface area contributed by atoms with E-state index in [0.29, 0.717) is 24.3 Å². The van der Waals surface area contributed by atoms with E-state index in [1.807, 2.05) is 0 Å². The van der Waals surface area contributed by atoms with Crippen LogP contribution in [0.1, 0.15) is 42.9 Å². The Bertz CT molecular complexity index is 1190. The molecule has 3 heterocycles. The number of sulfonamides is 1. The molecule has 2 aliphatic heterocycles. The quantitative estimate of drug-likeness (QED) is 0.632. The van der Waals surface area contributed by atoms with Gasteiger partial charge in [-0.25, -0.2) is 13.4 Å². The van der Waals surface area contributed by atoms with Gasteiger partial charge in [-0.2, -0.15) is 17.5 Å². The summed E-state index contributed by atoms with van der Waals surface area (Å²) in [5.74, 6) is 0.592. The topological polar surface area (TPSA) is 92.7 Å². The van der Waals surface area contributed by atoms with Gasteiger partial charge in [-0.1, -0.05) is 6.07 Å². The molecule has 34 heavy (non-hydrogen) atoms. The molecule has 0 N–H and O–H groups in total. The van der Waals surface area contributed by atoms with Crippen LogP contribution in [0.4, 0.5) is 13.2 Å². The molecule has 12 heteroatoms. The molecule has 1 aromatic heterocycles. The number of aromatic nitrogens is 2. The van der Waals surface area contributed by atoms with Gasteiger partial charge in [-0.3, -0.25) is 9.78 Å². The highest BCUT2D eigenvalue weighted by Crippen LogP contribution is 2.39. The lowest BCUT2D eigenvalue weighted by Crippen LogP contribution is -2.40. The Morgan fingerprint density at radius 3 is 2.56 bits per heavy atom. The van der Waals surface area contributed by atoms with Gasteiger partial charge in [0.05, 0.1) is 35.1 Å². The van der Waals surface area contributed by atoms with Crippen LogP contribution in [-0.4, -0.2) is 65.3 Å². The lowest BCUT2D eigenvalue weighted by molar-refractivity contribution is -0.137. The lowest BCUT2D eigenvalue weighted by Gasteiger charge is -2.25. The number of hydrogen-bond donors (Lipinski definition) is 0. The molecule has 182 valence electrons. The third kappa shape index (κ3) is 4.61. The first-order chi connectivity index (χ1) is 16.1. The van der Waals surface area contributed by atoms with E-state index < -0.39 is 32.7 Å². The predicted molar refractivity (Wildman–Crippen MR) is 113 cm³/mol. The Labute approximate surface area is 194 Å². The molecule has 1 aliphatic carbocycles. The molecule has 1 aromatic carbocycles. The average Bonchev–Trinajstić information content (AvgIpc) is 3.59. The summed E-state index contributed by atoms with van der Waals surface area (Å²) in [6, 6.07) is 3.22. The number of carbonyl (C=O) groups excluding carboxylic acids is 1. The minimum Gasteiger partial charge on any atom is -0.471 e. The molecule has 0 bridgehead atoms. The third-order valence-corrected chi connectivity index (χ3v) is 8.28. The zero-order valence-electron chi connectivity index (χ0n) is 18.1. The lowest BCUT2D eigenvalue weighted by atomic mass is 10.2. The minimum atomic E-state index is -4.66. The zero-order chi connectivity index (χ0) is 24.1. The highest BCUT2D eigenvalue weighted by atomic mass is 32.2. The van der Waals surface area contributed by atoms with Crippen LogP contribution in [0.3, 0.4) is 0 Å². The van der Waals surface area contributed by atoms with Gasteiger partial charge in [-0.05, 0) is 31.0 Å².